The first kappa shape index (κ1) is 22.3. The molecule has 2 aromatic heterocycles. The van der Waals surface area contributed by atoms with Crippen molar-refractivity contribution in [2.24, 2.45) is 7.05 Å². The number of hydrogen-bond donors (Lipinski definition) is 2. The van der Waals surface area contributed by atoms with Crippen LogP contribution in [0.15, 0.2) is 30.5 Å². The molecule has 6 nitrogen and oxygen atoms in total. The van der Waals surface area contributed by atoms with Crippen LogP contribution in [0.4, 0.5) is 29.1 Å². The summed E-state index contributed by atoms with van der Waals surface area (Å²) in [5, 5.41) is 5.93. The fraction of sp³-hybridized carbons (Fsp3) is 0.250. The van der Waals surface area contributed by atoms with Gasteiger partial charge in [-0.05, 0) is 36.6 Å². The molecule has 0 saturated carbocycles. The second kappa shape index (κ2) is 8.21. The van der Waals surface area contributed by atoms with Gasteiger partial charge in [0.1, 0.15) is 22.9 Å². The first-order valence-electron chi connectivity index (χ1n) is 9.37. The van der Waals surface area contributed by atoms with Crippen molar-refractivity contribution in [3.63, 3.8) is 0 Å². The van der Waals surface area contributed by atoms with E-state index in [2.05, 4.69) is 15.4 Å². The molecule has 168 valence electrons. The van der Waals surface area contributed by atoms with Gasteiger partial charge in [-0.2, -0.15) is 18.3 Å². The number of rotatable bonds is 4. The van der Waals surface area contributed by atoms with Gasteiger partial charge in [-0.25, -0.2) is 9.37 Å². The number of anilines is 2. The number of hydrogen-bond acceptors (Lipinski definition) is 5. The summed E-state index contributed by atoms with van der Waals surface area (Å²) in [7, 11) is 1.58. The number of benzene rings is 1. The van der Waals surface area contributed by atoms with Crippen LogP contribution in [0.2, 0.25) is 5.02 Å². The van der Waals surface area contributed by atoms with Crippen molar-refractivity contribution < 1.29 is 22.4 Å². The Morgan fingerprint density at radius 3 is 2.78 bits per heavy atom. The summed E-state index contributed by atoms with van der Waals surface area (Å²) < 4.78 is 53.4. The molecule has 1 aromatic carbocycles. The first-order valence-corrected chi connectivity index (χ1v) is 10.6. The molecule has 3 N–H and O–H groups in total. The normalized spacial score (nSPS) is 16.3. The zero-order chi connectivity index (χ0) is 23.2. The largest absolute Gasteiger partial charge is 0.443 e. The van der Waals surface area contributed by atoms with Crippen molar-refractivity contribution in [1.29, 1.82) is 0 Å². The van der Waals surface area contributed by atoms with Gasteiger partial charge in [0.25, 0.3) is 5.91 Å². The maximum atomic E-state index is 13.4. The Balaban J connectivity index is 1.63. The number of carbonyl (C=O) groups excluding carboxylic acids is 1. The van der Waals surface area contributed by atoms with Gasteiger partial charge in [-0.1, -0.05) is 17.7 Å². The number of aromatic nitrogens is 3. The van der Waals surface area contributed by atoms with E-state index >= 15 is 0 Å². The summed E-state index contributed by atoms with van der Waals surface area (Å²) in [4.78, 5) is 16.9. The lowest BCUT2D eigenvalue weighted by atomic mass is 10.1. The van der Waals surface area contributed by atoms with E-state index in [1.165, 1.54) is 23.0 Å². The zero-order valence-electron chi connectivity index (χ0n) is 16.5. The molecule has 32 heavy (non-hydrogen) atoms. The molecule has 1 unspecified atom stereocenters. The molecule has 1 aliphatic carbocycles. The molecule has 12 heteroatoms. The summed E-state index contributed by atoms with van der Waals surface area (Å²) in [6.45, 7) is 0. The lowest BCUT2D eigenvalue weighted by Gasteiger charge is -2.07. The SMILES string of the molecule is Cn1nc(C2=CC(c3cnc(C(F)(F)F)s3)CC2)c(C(=O)Nc2ccc(F)c(Cl)c2)c1N. The molecule has 0 radical (unpaired) electrons. The second-order valence-corrected chi connectivity index (χ2v) is 8.69. The average molecular weight is 486 g/mol. The maximum absolute atomic E-state index is 13.4. The van der Waals surface area contributed by atoms with Crippen LogP contribution in [0.5, 0.6) is 0 Å². The van der Waals surface area contributed by atoms with Crippen LogP contribution in [-0.4, -0.2) is 20.7 Å². The summed E-state index contributed by atoms with van der Waals surface area (Å²) >= 11 is 6.37. The number of aryl methyl sites for hydroxylation is 1. The Hall–Kier alpha value is -2.92. The number of nitrogen functional groups attached to an aromatic ring is 1. The Labute approximate surface area is 188 Å². The van der Waals surface area contributed by atoms with E-state index in [9.17, 15) is 22.4 Å². The van der Waals surface area contributed by atoms with E-state index < -0.39 is 22.9 Å². The number of alkyl halides is 3. The van der Waals surface area contributed by atoms with Crippen LogP contribution in [0.3, 0.4) is 0 Å². The van der Waals surface area contributed by atoms with Gasteiger partial charge >= 0.3 is 6.18 Å². The number of amides is 1. The maximum Gasteiger partial charge on any atom is 0.443 e. The molecule has 0 aliphatic heterocycles. The van der Waals surface area contributed by atoms with E-state index in [1.54, 1.807) is 13.1 Å². The minimum atomic E-state index is -4.49. The van der Waals surface area contributed by atoms with Gasteiger partial charge in [0, 0.05) is 29.7 Å². The number of allylic oxidation sites excluding steroid dienone is 2. The summed E-state index contributed by atoms with van der Waals surface area (Å²) in [5.74, 6) is -1.33. The highest BCUT2D eigenvalue weighted by molar-refractivity contribution is 7.11. The monoisotopic (exact) mass is 485 g/mol. The van der Waals surface area contributed by atoms with E-state index in [1.807, 2.05) is 0 Å². The number of nitrogens with one attached hydrogen (secondary N) is 1. The lowest BCUT2D eigenvalue weighted by molar-refractivity contribution is -0.137. The molecule has 1 amide bonds. The minimum absolute atomic E-state index is 0.118. The number of carbonyl (C=O) groups is 1. The predicted octanol–water partition coefficient (Wildman–Crippen LogP) is 5.48. The Morgan fingerprint density at radius 2 is 2.12 bits per heavy atom. The Kier molecular flexibility index (Phi) is 5.72. The van der Waals surface area contributed by atoms with E-state index in [-0.39, 0.29) is 28.0 Å². The molecule has 1 atom stereocenters. The Morgan fingerprint density at radius 1 is 1.38 bits per heavy atom. The van der Waals surface area contributed by atoms with E-state index in [0.717, 1.165) is 6.07 Å². The summed E-state index contributed by atoms with van der Waals surface area (Å²) in [6.07, 6.45) is -0.405. The summed E-state index contributed by atoms with van der Waals surface area (Å²) in [5.41, 5.74) is 7.52. The fourth-order valence-electron chi connectivity index (χ4n) is 3.48. The van der Waals surface area contributed by atoms with Crippen LogP contribution in [-0.2, 0) is 13.2 Å². The van der Waals surface area contributed by atoms with Gasteiger partial charge in [0.05, 0.1) is 5.02 Å². The summed E-state index contributed by atoms with van der Waals surface area (Å²) in [6, 6.07) is 3.76. The minimum Gasteiger partial charge on any atom is -0.383 e. The van der Waals surface area contributed by atoms with Crippen molar-refractivity contribution in [3.8, 4) is 0 Å². The van der Waals surface area contributed by atoms with Crippen LogP contribution in [0.25, 0.3) is 5.57 Å². The van der Waals surface area contributed by atoms with E-state index in [4.69, 9.17) is 17.3 Å². The molecule has 0 saturated heterocycles. The Bertz CT molecular complexity index is 1230. The highest BCUT2D eigenvalue weighted by Gasteiger charge is 2.36. The average Bonchev–Trinajstić information content (AvgIpc) is 3.43. The quantitative estimate of drug-likeness (QED) is 0.479. The molecule has 2 heterocycles. The van der Waals surface area contributed by atoms with Crippen molar-refractivity contribution in [1.82, 2.24) is 14.8 Å². The third kappa shape index (κ3) is 4.22. The number of halogens is 5. The molecule has 3 aromatic rings. The molecule has 1 aliphatic rings. The third-order valence-corrected chi connectivity index (χ3v) is 6.52. The van der Waals surface area contributed by atoms with Crippen LogP contribution < -0.4 is 11.1 Å². The van der Waals surface area contributed by atoms with E-state index in [0.29, 0.717) is 40.3 Å². The molecular weight excluding hydrogens is 470 g/mol. The van der Waals surface area contributed by atoms with Crippen molar-refractivity contribution in [2.45, 2.75) is 24.9 Å². The molecule has 0 fully saturated rings. The fourth-order valence-corrected chi connectivity index (χ4v) is 4.55. The highest BCUT2D eigenvalue weighted by atomic mass is 35.5. The van der Waals surface area contributed by atoms with Crippen LogP contribution in [0.1, 0.15) is 44.7 Å². The van der Waals surface area contributed by atoms with Gasteiger partial charge < -0.3 is 11.1 Å². The van der Waals surface area contributed by atoms with Crippen LogP contribution >= 0.6 is 22.9 Å². The number of nitrogens with two attached hydrogens (primary N) is 1. The number of nitrogens with zero attached hydrogens (tertiary/aromatic N) is 3. The zero-order valence-corrected chi connectivity index (χ0v) is 18.1. The van der Waals surface area contributed by atoms with Crippen molar-refractivity contribution in [3.05, 3.63) is 62.5 Å². The molecular formula is C20H16ClF4N5OS. The van der Waals surface area contributed by atoms with Gasteiger partial charge in [-0.15, -0.1) is 11.3 Å². The van der Waals surface area contributed by atoms with Crippen molar-refractivity contribution >= 4 is 45.9 Å². The second-order valence-electron chi connectivity index (χ2n) is 7.22. The number of thiazole rings is 1. The molecule has 0 bridgehead atoms. The standard InChI is InChI=1S/C20H16ClF4N5OS/c1-30-17(26)15(18(31)28-11-4-5-13(22)12(21)7-11)16(29-30)10-3-2-9(6-10)14-8-27-19(32-14)20(23,24)25/h4-9H,2-3,26H2,1H3,(H,28,31). The van der Waals surface area contributed by atoms with Crippen LogP contribution in [0, 0.1) is 5.82 Å². The van der Waals surface area contributed by atoms with Gasteiger partial charge in [-0.3, -0.25) is 9.48 Å². The molecule has 0 spiro atoms. The molecule has 4 rings (SSSR count). The third-order valence-electron chi connectivity index (χ3n) is 5.06. The lowest BCUT2D eigenvalue weighted by Crippen LogP contribution is -2.15. The van der Waals surface area contributed by atoms with Crippen molar-refractivity contribution in [2.75, 3.05) is 11.1 Å². The highest BCUT2D eigenvalue weighted by Crippen LogP contribution is 2.42. The van der Waals surface area contributed by atoms with Gasteiger partial charge in [0.15, 0.2) is 5.01 Å². The first-order chi connectivity index (χ1) is 15.0. The predicted molar refractivity (Wildman–Crippen MR) is 114 cm³/mol. The topological polar surface area (TPSA) is 85.8 Å². The smallest absolute Gasteiger partial charge is 0.383 e. The van der Waals surface area contributed by atoms with Gasteiger partial charge in [0.2, 0.25) is 0 Å².